The summed E-state index contributed by atoms with van der Waals surface area (Å²) >= 11 is 0. The van der Waals surface area contributed by atoms with Crippen LogP contribution in [0.4, 0.5) is 5.82 Å². The lowest BCUT2D eigenvalue weighted by Crippen LogP contribution is -2.10. The van der Waals surface area contributed by atoms with Gasteiger partial charge < -0.3 is 5.73 Å². The molecule has 0 saturated heterocycles. The molecule has 0 atom stereocenters. The molecule has 128 valence electrons. The van der Waals surface area contributed by atoms with Gasteiger partial charge in [-0.2, -0.15) is 14.6 Å². The summed E-state index contributed by atoms with van der Waals surface area (Å²) in [5, 5.41) is 4.17. The van der Waals surface area contributed by atoms with E-state index in [1.165, 1.54) is 64.1 Å². The van der Waals surface area contributed by atoms with Gasteiger partial charge in [-0.05, 0) is 19.3 Å². The number of nitrogen functional groups attached to an aromatic ring is 1. The van der Waals surface area contributed by atoms with Gasteiger partial charge in [0.2, 0.25) is 0 Å². The molecule has 2 aromatic heterocycles. The van der Waals surface area contributed by atoms with Crippen molar-refractivity contribution in [3.63, 3.8) is 0 Å². The van der Waals surface area contributed by atoms with Crippen LogP contribution in [0.2, 0.25) is 0 Å². The maximum absolute atomic E-state index is 6.27. The molecule has 2 heterocycles. The Kier molecular flexibility index (Phi) is 7.30. The number of aromatic nitrogens is 4. The van der Waals surface area contributed by atoms with Crippen LogP contribution in [0, 0.1) is 0 Å². The van der Waals surface area contributed by atoms with Gasteiger partial charge in [0.05, 0.1) is 5.69 Å². The highest BCUT2D eigenvalue weighted by molar-refractivity contribution is 5.49. The molecule has 2 rings (SSSR count). The molecule has 0 bridgehead atoms. The number of fused-ring (bicyclic) bond motifs is 1. The summed E-state index contributed by atoms with van der Waals surface area (Å²) < 4.78 is 1.65. The molecule has 0 aliphatic carbocycles. The maximum atomic E-state index is 6.27. The summed E-state index contributed by atoms with van der Waals surface area (Å²) in [5.74, 6) is 1.32. The van der Waals surface area contributed by atoms with Gasteiger partial charge in [0.25, 0.3) is 5.78 Å². The first kappa shape index (κ1) is 17.7. The van der Waals surface area contributed by atoms with Gasteiger partial charge in [-0.25, -0.2) is 4.98 Å². The number of unbranched alkanes of at least 4 members (excludes halogenated alkanes) is 8. The molecule has 0 radical (unpaired) electrons. The lowest BCUT2D eigenvalue weighted by atomic mass is 10.0. The van der Waals surface area contributed by atoms with Crippen LogP contribution in [-0.2, 0) is 12.8 Å². The minimum atomic E-state index is 0.607. The van der Waals surface area contributed by atoms with Crippen molar-refractivity contribution in [2.75, 3.05) is 5.73 Å². The minimum absolute atomic E-state index is 0.607. The van der Waals surface area contributed by atoms with E-state index in [1.807, 2.05) is 0 Å². The van der Waals surface area contributed by atoms with Gasteiger partial charge in [0.15, 0.2) is 0 Å². The smallest absolute Gasteiger partial charge is 0.254 e. The summed E-state index contributed by atoms with van der Waals surface area (Å²) in [5.41, 5.74) is 8.50. The molecule has 0 aliphatic heterocycles. The molecule has 5 heteroatoms. The molecule has 0 amide bonds. The SMILES string of the molecule is CCCCCCCCCCCc1c(CC)nc2ncnn2c1N. The zero-order chi connectivity index (χ0) is 16.5. The van der Waals surface area contributed by atoms with Crippen molar-refractivity contribution in [3.05, 3.63) is 17.6 Å². The van der Waals surface area contributed by atoms with Crippen molar-refractivity contribution >= 4 is 11.6 Å². The molecule has 0 spiro atoms. The molecule has 2 aromatic rings. The molecular formula is C18H31N5. The standard InChI is InChI=1S/C18H31N5/c1-3-5-6-7-8-9-10-11-12-13-15-16(4-2)22-18-20-14-21-23(18)17(15)19/h14H,3-13,19H2,1-2H3. The van der Waals surface area contributed by atoms with Crippen molar-refractivity contribution in [1.82, 2.24) is 19.6 Å². The molecule has 0 unspecified atom stereocenters. The average molecular weight is 317 g/mol. The fourth-order valence-corrected chi connectivity index (χ4v) is 3.12. The van der Waals surface area contributed by atoms with Crippen LogP contribution in [0.3, 0.4) is 0 Å². The minimum Gasteiger partial charge on any atom is -0.383 e. The van der Waals surface area contributed by atoms with Crippen LogP contribution in [-0.4, -0.2) is 19.6 Å². The number of nitrogens with zero attached hydrogens (tertiary/aromatic N) is 4. The highest BCUT2D eigenvalue weighted by atomic mass is 15.3. The summed E-state index contributed by atoms with van der Waals surface area (Å²) in [6.45, 7) is 4.39. The number of hydrogen-bond donors (Lipinski definition) is 1. The Bertz CT molecular complexity index is 590. The van der Waals surface area contributed by atoms with Crippen molar-refractivity contribution in [3.8, 4) is 0 Å². The normalized spacial score (nSPS) is 11.4. The summed E-state index contributed by atoms with van der Waals surface area (Å²) in [6.07, 6.45) is 15.4. The molecule has 2 N–H and O–H groups in total. The zero-order valence-electron chi connectivity index (χ0n) is 14.7. The number of aryl methyl sites for hydroxylation is 1. The number of hydrogen-bond acceptors (Lipinski definition) is 4. The Balaban J connectivity index is 1.77. The van der Waals surface area contributed by atoms with Gasteiger partial charge >= 0.3 is 0 Å². The van der Waals surface area contributed by atoms with Crippen molar-refractivity contribution in [1.29, 1.82) is 0 Å². The molecule has 0 fully saturated rings. The largest absolute Gasteiger partial charge is 0.383 e. The molecule has 0 aromatic carbocycles. The Morgan fingerprint density at radius 3 is 2.26 bits per heavy atom. The first-order chi connectivity index (χ1) is 11.3. The van der Waals surface area contributed by atoms with Crippen LogP contribution in [0.5, 0.6) is 0 Å². The van der Waals surface area contributed by atoms with Crippen LogP contribution in [0.25, 0.3) is 5.78 Å². The van der Waals surface area contributed by atoms with E-state index in [0.717, 1.165) is 24.1 Å². The second kappa shape index (κ2) is 9.48. The van der Waals surface area contributed by atoms with E-state index < -0.39 is 0 Å². The summed E-state index contributed by atoms with van der Waals surface area (Å²) in [4.78, 5) is 8.72. The highest BCUT2D eigenvalue weighted by Gasteiger charge is 2.12. The second-order valence-electron chi connectivity index (χ2n) is 6.33. The monoisotopic (exact) mass is 317 g/mol. The van der Waals surface area contributed by atoms with Crippen LogP contribution >= 0.6 is 0 Å². The van der Waals surface area contributed by atoms with E-state index in [9.17, 15) is 0 Å². The predicted octanol–water partition coefficient (Wildman–Crippen LogP) is 4.34. The third-order valence-electron chi connectivity index (χ3n) is 4.52. The van der Waals surface area contributed by atoms with E-state index in [0.29, 0.717) is 11.6 Å². The van der Waals surface area contributed by atoms with Crippen LogP contribution in [0.15, 0.2) is 6.33 Å². The van der Waals surface area contributed by atoms with Crippen molar-refractivity contribution in [2.45, 2.75) is 84.5 Å². The Hall–Kier alpha value is -1.65. The Morgan fingerprint density at radius 2 is 1.61 bits per heavy atom. The van der Waals surface area contributed by atoms with Crippen molar-refractivity contribution in [2.24, 2.45) is 0 Å². The quantitative estimate of drug-likeness (QED) is 0.626. The first-order valence-electron chi connectivity index (χ1n) is 9.24. The predicted molar refractivity (Wildman–Crippen MR) is 95.5 cm³/mol. The van der Waals surface area contributed by atoms with Gasteiger partial charge in [-0.1, -0.05) is 65.2 Å². The fourth-order valence-electron chi connectivity index (χ4n) is 3.12. The van der Waals surface area contributed by atoms with E-state index in [-0.39, 0.29) is 0 Å². The third-order valence-corrected chi connectivity index (χ3v) is 4.52. The van der Waals surface area contributed by atoms with E-state index in [1.54, 1.807) is 4.52 Å². The molecule has 23 heavy (non-hydrogen) atoms. The van der Waals surface area contributed by atoms with Gasteiger partial charge in [-0.3, -0.25) is 0 Å². The number of nitrogens with two attached hydrogens (primary N) is 1. The first-order valence-corrected chi connectivity index (χ1v) is 9.24. The highest BCUT2D eigenvalue weighted by Crippen LogP contribution is 2.20. The Labute approximate surface area is 139 Å². The topological polar surface area (TPSA) is 69.1 Å². The van der Waals surface area contributed by atoms with E-state index in [2.05, 4.69) is 28.9 Å². The van der Waals surface area contributed by atoms with E-state index in [4.69, 9.17) is 5.73 Å². The molecule has 5 nitrogen and oxygen atoms in total. The second-order valence-corrected chi connectivity index (χ2v) is 6.33. The third kappa shape index (κ3) is 4.91. The lowest BCUT2D eigenvalue weighted by molar-refractivity contribution is 0.564. The summed E-state index contributed by atoms with van der Waals surface area (Å²) in [6, 6.07) is 0. The molecule has 0 aliphatic rings. The zero-order valence-corrected chi connectivity index (χ0v) is 14.7. The van der Waals surface area contributed by atoms with Gasteiger partial charge in [0.1, 0.15) is 12.1 Å². The van der Waals surface area contributed by atoms with Crippen LogP contribution in [0.1, 0.15) is 82.9 Å². The Morgan fingerprint density at radius 1 is 0.957 bits per heavy atom. The van der Waals surface area contributed by atoms with Gasteiger partial charge in [-0.15, -0.1) is 0 Å². The molecule has 0 saturated carbocycles. The molecular weight excluding hydrogens is 286 g/mol. The fraction of sp³-hybridized carbons (Fsp3) is 0.722. The number of anilines is 1. The van der Waals surface area contributed by atoms with Gasteiger partial charge in [0, 0.05) is 5.56 Å². The number of rotatable bonds is 11. The lowest BCUT2D eigenvalue weighted by Gasteiger charge is -2.11. The van der Waals surface area contributed by atoms with Crippen LogP contribution < -0.4 is 5.73 Å². The van der Waals surface area contributed by atoms with E-state index >= 15 is 0 Å². The average Bonchev–Trinajstić information content (AvgIpc) is 3.03. The van der Waals surface area contributed by atoms with Crippen molar-refractivity contribution < 1.29 is 0 Å². The summed E-state index contributed by atoms with van der Waals surface area (Å²) in [7, 11) is 0. The maximum Gasteiger partial charge on any atom is 0.254 e.